The van der Waals surface area contributed by atoms with Crippen molar-refractivity contribution in [2.24, 2.45) is 13.0 Å². The van der Waals surface area contributed by atoms with E-state index in [0.717, 1.165) is 68.0 Å². The molecule has 3 heterocycles. The Morgan fingerprint density at radius 1 is 1.07 bits per heavy atom. The number of likely N-dealkylation sites (tertiary alicyclic amines) is 2. The SMILES string of the molecule is Cc1ccccc1-c1nn(CN2CCC(C(=O)N3CCCCCC3)CC2)c(=S)n1C. The first-order chi connectivity index (χ1) is 14.5. The Labute approximate surface area is 184 Å². The molecular weight excluding hydrogens is 394 g/mol. The van der Waals surface area contributed by atoms with E-state index in [1.165, 1.54) is 18.4 Å². The van der Waals surface area contributed by atoms with Crippen molar-refractivity contribution < 1.29 is 4.79 Å². The zero-order chi connectivity index (χ0) is 21.1. The Morgan fingerprint density at radius 3 is 2.40 bits per heavy atom. The quantitative estimate of drug-likeness (QED) is 0.692. The molecule has 1 aromatic carbocycles. The van der Waals surface area contributed by atoms with Gasteiger partial charge in [-0.1, -0.05) is 37.1 Å². The van der Waals surface area contributed by atoms with Gasteiger partial charge in [0.15, 0.2) is 10.6 Å². The van der Waals surface area contributed by atoms with E-state index in [-0.39, 0.29) is 5.92 Å². The lowest BCUT2D eigenvalue weighted by Crippen LogP contribution is -2.43. The lowest BCUT2D eigenvalue weighted by Gasteiger charge is -2.33. The molecule has 0 bridgehead atoms. The summed E-state index contributed by atoms with van der Waals surface area (Å²) in [7, 11) is 1.99. The van der Waals surface area contributed by atoms with Crippen LogP contribution in [0.5, 0.6) is 0 Å². The number of aryl methyl sites for hydroxylation is 1. The van der Waals surface area contributed by atoms with E-state index in [0.29, 0.717) is 12.6 Å². The lowest BCUT2D eigenvalue weighted by atomic mass is 9.95. The number of carbonyl (C=O) groups excluding carboxylic acids is 1. The van der Waals surface area contributed by atoms with E-state index >= 15 is 0 Å². The van der Waals surface area contributed by atoms with E-state index in [9.17, 15) is 4.79 Å². The smallest absolute Gasteiger partial charge is 0.225 e. The number of benzene rings is 1. The Balaban J connectivity index is 1.39. The number of aromatic nitrogens is 3. The number of hydrogen-bond donors (Lipinski definition) is 0. The third kappa shape index (κ3) is 4.52. The van der Waals surface area contributed by atoms with Crippen LogP contribution in [0, 0.1) is 17.6 Å². The standard InChI is InChI=1S/C23H33N5OS/c1-18-9-5-6-10-20(18)21-24-28(23(30)25(21)2)17-26-15-11-19(12-16-26)22(29)27-13-7-3-4-8-14-27/h5-6,9-10,19H,3-4,7-8,11-17H2,1-2H3. The van der Waals surface area contributed by atoms with Crippen molar-refractivity contribution in [1.82, 2.24) is 24.1 Å². The summed E-state index contributed by atoms with van der Waals surface area (Å²) in [6.45, 7) is 6.52. The molecule has 2 aliphatic heterocycles. The zero-order valence-electron chi connectivity index (χ0n) is 18.2. The van der Waals surface area contributed by atoms with Crippen molar-refractivity contribution in [1.29, 1.82) is 0 Å². The Kier molecular flexibility index (Phi) is 6.68. The van der Waals surface area contributed by atoms with Crippen LogP contribution in [-0.4, -0.2) is 56.2 Å². The van der Waals surface area contributed by atoms with Gasteiger partial charge in [0, 0.05) is 44.7 Å². The summed E-state index contributed by atoms with van der Waals surface area (Å²) >= 11 is 5.66. The maximum absolute atomic E-state index is 12.9. The van der Waals surface area contributed by atoms with Crippen LogP contribution in [-0.2, 0) is 18.5 Å². The van der Waals surface area contributed by atoms with E-state index < -0.39 is 0 Å². The molecule has 1 amide bonds. The predicted molar refractivity (Wildman–Crippen MR) is 122 cm³/mol. The third-order valence-corrected chi connectivity index (χ3v) is 7.10. The average molecular weight is 428 g/mol. The topological polar surface area (TPSA) is 46.3 Å². The molecule has 0 spiro atoms. The van der Waals surface area contributed by atoms with Gasteiger partial charge < -0.3 is 9.47 Å². The van der Waals surface area contributed by atoms with Crippen molar-refractivity contribution in [3.63, 3.8) is 0 Å². The van der Waals surface area contributed by atoms with Crippen molar-refractivity contribution in [3.05, 3.63) is 34.6 Å². The van der Waals surface area contributed by atoms with E-state index in [1.807, 2.05) is 28.4 Å². The van der Waals surface area contributed by atoms with Crippen LogP contribution in [0.1, 0.15) is 44.1 Å². The highest BCUT2D eigenvalue weighted by atomic mass is 32.1. The Morgan fingerprint density at radius 2 is 1.73 bits per heavy atom. The highest BCUT2D eigenvalue weighted by Gasteiger charge is 2.29. The van der Waals surface area contributed by atoms with Crippen LogP contribution in [0.25, 0.3) is 11.4 Å². The number of piperidine rings is 1. The van der Waals surface area contributed by atoms with Gasteiger partial charge >= 0.3 is 0 Å². The zero-order valence-corrected chi connectivity index (χ0v) is 19.0. The summed E-state index contributed by atoms with van der Waals surface area (Å²) in [5.41, 5.74) is 2.31. The summed E-state index contributed by atoms with van der Waals surface area (Å²) in [6.07, 6.45) is 6.70. The highest BCUT2D eigenvalue weighted by Crippen LogP contribution is 2.24. The summed E-state index contributed by atoms with van der Waals surface area (Å²) in [5, 5.41) is 4.83. The number of rotatable bonds is 4. The molecule has 0 unspecified atom stereocenters. The third-order valence-electron chi connectivity index (χ3n) is 6.62. The molecule has 0 atom stereocenters. The molecule has 6 nitrogen and oxygen atoms in total. The van der Waals surface area contributed by atoms with Crippen molar-refractivity contribution in [2.75, 3.05) is 26.2 Å². The monoisotopic (exact) mass is 427 g/mol. The van der Waals surface area contributed by atoms with Gasteiger partial charge in [-0.15, -0.1) is 0 Å². The summed E-state index contributed by atoms with van der Waals surface area (Å²) in [6, 6.07) is 8.28. The van der Waals surface area contributed by atoms with E-state index in [2.05, 4.69) is 28.9 Å². The first-order valence-electron chi connectivity index (χ1n) is 11.3. The highest BCUT2D eigenvalue weighted by molar-refractivity contribution is 7.71. The number of amides is 1. The van der Waals surface area contributed by atoms with E-state index in [1.54, 1.807) is 0 Å². The number of nitrogens with zero attached hydrogens (tertiary/aromatic N) is 5. The number of hydrogen-bond acceptors (Lipinski definition) is 4. The summed E-state index contributed by atoms with van der Waals surface area (Å²) < 4.78 is 4.65. The second kappa shape index (κ2) is 9.43. The van der Waals surface area contributed by atoms with Gasteiger partial charge in [0.1, 0.15) is 0 Å². The molecule has 30 heavy (non-hydrogen) atoms. The van der Waals surface area contributed by atoms with Crippen molar-refractivity contribution in [2.45, 2.75) is 52.1 Å². The van der Waals surface area contributed by atoms with Gasteiger partial charge in [-0.2, -0.15) is 5.10 Å². The van der Waals surface area contributed by atoms with Crippen LogP contribution in [0.2, 0.25) is 0 Å². The summed E-state index contributed by atoms with van der Waals surface area (Å²) in [4.78, 5) is 17.4. The molecule has 1 aromatic heterocycles. The molecule has 2 saturated heterocycles. The molecule has 2 aliphatic rings. The molecule has 0 N–H and O–H groups in total. The maximum atomic E-state index is 12.9. The van der Waals surface area contributed by atoms with Crippen LogP contribution in [0.15, 0.2) is 24.3 Å². The predicted octanol–water partition coefficient (Wildman–Crippen LogP) is 4.00. The average Bonchev–Trinajstić information content (AvgIpc) is 2.95. The Hall–Kier alpha value is -1.99. The fraction of sp³-hybridized carbons (Fsp3) is 0.609. The van der Waals surface area contributed by atoms with Crippen LogP contribution >= 0.6 is 12.2 Å². The molecule has 2 fully saturated rings. The molecular formula is C23H33N5OS. The first kappa shape index (κ1) is 21.2. The maximum Gasteiger partial charge on any atom is 0.225 e. The first-order valence-corrected chi connectivity index (χ1v) is 11.7. The minimum absolute atomic E-state index is 0.179. The lowest BCUT2D eigenvalue weighted by molar-refractivity contribution is -0.137. The minimum Gasteiger partial charge on any atom is -0.342 e. The second-order valence-electron chi connectivity index (χ2n) is 8.75. The van der Waals surface area contributed by atoms with Crippen LogP contribution in [0.3, 0.4) is 0 Å². The fourth-order valence-corrected chi connectivity index (χ4v) is 4.88. The summed E-state index contributed by atoms with van der Waals surface area (Å²) in [5.74, 6) is 1.47. The van der Waals surface area contributed by atoms with Gasteiger partial charge in [-0.3, -0.25) is 9.69 Å². The van der Waals surface area contributed by atoms with Crippen molar-refractivity contribution in [3.8, 4) is 11.4 Å². The van der Waals surface area contributed by atoms with Gasteiger partial charge in [-0.05, 0) is 50.4 Å². The van der Waals surface area contributed by atoms with Gasteiger partial charge in [0.25, 0.3) is 0 Å². The van der Waals surface area contributed by atoms with Gasteiger partial charge in [0.2, 0.25) is 5.91 Å². The van der Waals surface area contributed by atoms with E-state index in [4.69, 9.17) is 17.3 Å². The van der Waals surface area contributed by atoms with Crippen molar-refractivity contribution >= 4 is 18.1 Å². The van der Waals surface area contributed by atoms with Gasteiger partial charge in [0.05, 0.1) is 6.67 Å². The largest absolute Gasteiger partial charge is 0.342 e. The molecule has 2 aromatic rings. The number of carbonyl (C=O) groups is 1. The molecule has 0 saturated carbocycles. The van der Waals surface area contributed by atoms with Gasteiger partial charge in [-0.25, -0.2) is 4.68 Å². The fourth-order valence-electron chi connectivity index (χ4n) is 4.70. The molecule has 4 rings (SSSR count). The Bertz CT molecular complexity index is 933. The second-order valence-corrected chi connectivity index (χ2v) is 9.12. The normalized spacial score (nSPS) is 19.1. The molecule has 7 heteroatoms. The molecule has 0 aliphatic carbocycles. The van der Waals surface area contributed by atoms with Crippen LogP contribution in [0.4, 0.5) is 0 Å². The van der Waals surface area contributed by atoms with Crippen LogP contribution < -0.4 is 0 Å². The minimum atomic E-state index is 0.179. The molecule has 162 valence electrons. The molecule has 0 radical (unpaired) electrons.